The maximum absolute atomic E-state index is 14.0. The van der Waals surface area contributed by atoms with Crippen LogP contribution in [0, 0.1) is 12.7 Å². The number of fused-ring (bicyclic) bond motifs is 1. The quantitative estimate of drug-likeness (QED) is 0.430. The highest BCUT2D eigenvalue weighted by Gasteiger charge is 2.33. The number of piperidine rings is 1. The molecule has 6 nitrogen and oxygen atoms in total. The number of aryl methyl sites for hydroxylation is 1. The lowest BCUT2D eigenvalue weighted by Crippen LogP contribution is -2.45. The van der Waals surface area contributed by atoms with Gasteiger partial charge in [0.2, 0.25) is 0 Å². The van der Waals surface area contributed by atoms with Crippen LogP contribution in [0.5, 0.6) is 5.75 Å². The molecule has 0 saturated carbocycles. The zero-order valence-electron chi connectivity index (χ0n) is 17.4. The molecule has 170 valence electrons. The van der Waals surface area contributed by atoms with Crippen LogP contribution in [-0.2, 0) is 0 Å². The summed E-state index contributed by atoms with van der Waals surface area (Å²) >= 11 is 0. The number of ether oxygens (including phenoxy) is 1. The first-order valence-corrected chi connectivity index (χ1v) is 10.2. The van der Waals surface area contributed by atoms with Crippen LogP contribution in [-0.4, -0.2) is 46.8 Å². The first-order chi connectivity index (χ1) is 15.2. The fourth-order valence-corrected chi connectivity index (χ4v) is 4.02. The molecule has 1 aliphatic heterocycles. The molecule has 1 fully saturated rings. The van der Waals surface area contributed by atoms with E-state index in [9.17, 15) is 17.6 Å². The Hall–Kier alpha value is -3.14. The monoisotopic (exact) mass is 449 g/mol. The van der Waals surface area contributed by atoms with Crippen molar-refractivity contribution in [1.29, 1.82) is 0 Å². The van der Waals surface area contributed by atoms with Gasteiger partial charge in [-0.2, -0.15) is 13.2 Å². The highest BCUT2D eigenvalue weighted by molar-refractivity contribution is 5.95. The first-order valence-electron chi connectivity index (χ1n) is 10.2. The number of nitrogen functional groups attached to an aromatic ring is 1. The number of benzene rings is 2. The number of nitrogens with one attached hydrogen (secondary N) is 1. The predicted octanol–water partition coefficient (Wildman–Crippen LogP) is 4.81. The second-order valence-corrected chi connectivity index (χ2v) is 7.95. The van der Waals surface area contributed by atoms with E-state index in [1.54, 1.807) is 12.1 Å². The van der Waals surface area contributed by atoms with Gasteiger partial charge < -0.3 is 15.8 Å². The van der Waals surface area contributed by atoms with E-state index in [-0.39, 0.29) is 12.3 Å². The average molecular weight is 449 g/mol. The smallest absolute Gasteiger partial charge is 0.401 e. The minimum absolute atomic E-state index is 0.115. The normalized spacial score (nSPS) is 17.5. The Morgan fingerprint density at radius 2 is 2.03 bits per heavy atom. The first kappa shape index (κ1) is 22.1. The lowest BCUT2D eigenvalue weighted by molar-refractivity contribution is -0.150. The van der Waals surface area contributed by atoms with Gasteiger partial charge in [-0.05, 0) is 56.1 Å². The Bertz CT molecular complexity index is 1120. The number of halogens is 4. The van der Waals surface area contributed by atoms with E-state index < -0.39 is 24.6 Å². The minimum atomic E-state index is -4.28. The molecule has 0 spiro atoms. The standard InChI is InChI=1S/C22H23F4N5O/c1-13-7-15(27)9-18-20(13)21(29-12-28-18)30-17-5-4-14(23)8-19(17)32-16-3-2-6-31(10-16)11-22(24,25)26/h4-5,7-9,12,16H,2-3,6,10-11,27H2,1H3,(H,28,29,30). The molecule has 10 heteroatoms. The van der Waals surface area contributed by atoms with Gasteiger partial charge >= 0.3 is 6.18 Å². The van der Waals surface area contributed by atoms with Crippen LogP contribution in [0.3, 0.4) is 0 Å². The van der Waals surface area contributed by atoms with E-state index >= 15 is 0 Å². The molecule has 1 saturated heterocycles. The van der Waals surface area contributed by atoms with Crippen LogP contribution in [0.4, 0.5) is 34.8 Å². The summed E-state index contributed by atoms with van der Waals surface area (Å²) in [6, 6.07) is 7.55. The van der Waals surface area contributed by atoms with Gasteiger partial charge in [-0.15, -0.1) is 0 Å². The average Bonchev–Trinajstić information content (AvgIpc) is 2.68. The summed E-state index contributed by atoms with van der Waals surface area (Å²) in [4.78, 5) is 9.87. The highest BCUT2D eigenvalue weighted by Crippen LogP contribution is 2.34. The maximum Gasteiger partial charge on any atom is 0.401 e. The van der Waals surface area contributed by atoms with Crippen LogP contribution in [0.1, 0.15) is 18.4 Å². The fraction of sp³-hybridized carbons (Fsp3) is 0.364. The van der Waals surface area contributed by atoms with Crippen LogP contribution in [0.2, 0.25) is 0 Å². The maximum atomic E-state index is 14.0. The number of hydrogen-bond donors (Lipinski definition) is 2. The van der Waals surface area contributed by atoms with E-state index in [0.717, 1.165) is 10.9 Å². The number of likely N-dealkylation sites (tertiary alicyclic amines) is 1. The summed E-state index contributed by atoms with van der Waals surface area (Å²) in [7, 11) is 0. The number of nitrogens with zero attached hydrogens (tertiary/aromatic N) is 3. The zero-order chi connectivity index (χ0) is 22.9. The topological polar surface area (TPSA) is 76.3 Å². The van der Waals surface area contributed by atoms with E-state index in [4.69, 9.17) is 10.5 Å². The van der Waals surface area contributed by atoms with Crippen molar-refractivity contribution in [2.75, 3.05) is 30.7 Å². The Labute approximate surface area is 182 Å². The number of nitrogens with two attached hydrogens (primary N) is 1. The summed E-state index contributed by atoms with van der Waals surface area (Å²) in [5, 5.41) is 3.92. The molecule has 0 amide bonds. The van der Waals surface area contributed by atoms with Crippen molar-refractivity contribution in [2.45, 2.75) is 32.0 Å². The highest BCUT2D eigenvalue weighted by atomic mass is 19.4. The third-order valence-corrected chi connectivity index (χ3v) is 5.31. The van der Waals surface area contributed by atoms with Crippen LogP contribution in [0.25, 0.3) is 10.9 Å². The number of anilines is 3. The van der Waals surface area contributed by atoms with E-state index in [1.165, 1.54) is 29.4 Å². The summed E-state index contributed by atoms with van der Waals surface area (Å²) in [6.07, 6.45) is -2.22. The van der Waals surface area contributed by atoms with Crippen LogP contribution < -0.4 is 15.8 Å². The van der Waals surface area contributed by atoms with Gasteiger partial charge in [0.15, 0.2) is 0 Å². The number of hydrogen-bond acceptors (Lipinski definition) is 6. The number of alkyl halides is 3. The largest absolute Gasteiger partial charge is 0.487 e. The SMILES string of the molecule is Cc1cc(N)cc2ncnc(Nc3ccc(F)cc3OC3CCCN(CC(F)(F)F)C3)c12. The third-order valence-electron chi connectivity index (χ3n) is 5.31. The van der Waals surface area contributed by atoms with Crippen molar-refractivity contribution in [3.8, 4) is 5.75 Å². The summed E-state index contributed by atoms with van der Waals surface area (Å²) in [5.41, 5.74) is 8.45. The van der Waals surface area contributed by atoms with Gasteiger partial charge in [0.25, 0.3) is 0 Å². The van der Waals surface area contributed by atoms with Gasteiger partial charge in [-0.3, -0.25) is 4.90 Å². The van der Waals surface area contributed by atoms with E-state index in [2.05, 4.69) is 15.3 Å². The molecule has 1 aromatic heterocycles. The lowest BCUT2D eigenvalue weighted by Gasteiger charge is -2.33. The molecule has 0 radical (unpaired) electrons. The van der Waals surface area contributed by atoms with Gasteiger partial charge in [-0.1, -0.05) is 0 Å². The van der Waals surface area contributed by atoms with Crippen molar-refractivity contribution in [1.82, 2.24) is 14.9 Å². The van der Waals surface area contributed by atoms with Crippen molar-refractivity contribution in [3.05, 3.63) is 48.0 Å². The Balaban J connectivity index is 1.59. The van der Waals surface area contributed by atoms with Gasteiger partial charge in [-0.25, -0.2) is 14.4 Å². The third kappa shape index (κ3) is 5.18. The predicted molar refractivity (Wildman–Crippen MR) is 115 cm³/mol. The van der Waals surface area contributed by atoms with Crippen molar-refractivity contribution < 1.29 is 22.3 Å². The van der Waals surface area contributed by atoms with Crippen LogP contribution >= 0.6 is 0 Å². The molecular formula is C22H23F4N5O. The zero-order valence-corrected chi connectivity index (χ0v) is 17.4. The molecule has 0 aliphatic carbocycles. The fourth-order valence-electron chi connectivity index (χ4n) is 4.02. The molecule has 1 aliphatic rings. The molecule has 2 aromatic carbocycles. The minimum Gasteiger partial charge on any atom is -0.487 e. The molecule has 0 bridgehead atoms. The molecule has 2 heterocycles. The van der Waals surface area contributed by atoms with E-state index in [1.807, 2.05) is 6.92 Å². The molecule has 3 N–H and O–H groups in total. The summed E-state index contributed by atoms with van der Waals surface area (Å²) in [6.45, 7) is 1.36. The molecule has 3 aromatic rings. The second-order valence-electron chi connectivity index (χ2n) is 7.95. The number of aromatic nitrogens is 2. The molecule has 4 rings (SSSR count). The number of rotatable bonds is 5. The Morgan fingerprint density at radius 1 is 1.22 bits per heavy atom. The molecule has 1 unspecified atom stereocenters. The van der Waals surface area contributed by atoms with Crippen molar-refractivity contribution in [3.63, 3.8) is 0 Å². The van der Waals surface area contributed by atoms with Gasteiger partial charge in [0.05, 0.1) is 17.7 Å². The van der Waals surface area contributed by atoms with E-state index in [0.29, 0.717) is 42.1 Å². The van der Waals surface area contributed by atoms with Crippen molar-refractivity contribution >= 4 is 28.1 Å². The second kappa shape index (κ2) is 8.78. The van der Waals surface area contributed by atoms with Gasteiger partial charge in [0.1, 0.15) is 29.8 Å². The lowest BCUT2D eigenvalue weighted by atomic mass is 10.1. The summed E-state index contributed by atoms with van der Waals surface area (Å²) < 4.78 is 58.3. The Kier molecular flexibility index (Phi) is 6.05. The van der Waals surface area contributed by atoms with Crippen LogP contribution in [0.15, 0.2) is 36.7 Å². The molecule has 1 atom stereocenters. The van der Waals surface area contributed by atoms with Gasteiger partial charge in [0, 0.05) is 23.7 Å². The van der Waals surface area contributed by atoms with Crippen molar-refractivity contribution in [2.24, 2.45) is 0 Å². The Morgan fingerprint density at radius 3 is 2.81 bits per heavy atom. The summed E-state index contributed by atoms with van der Waals surface area (Å²) in [5.74, 6) is 0.194. The molecular weight excluding hydrogens is 426 g/mol. The molecule has 32 heavy (non-hydrogen) atoms.